The monoisotopic (exact) mass is 176 g/mol. The molecule has 4 heteroatoms. The predicted molar refractivity (Wildman–Crippen MR) is 52.7 cm³/mol. The highest BCUT2D eigenvalue weighted by Gasteiger charge is 2.15. The van der Waals surface area contributed by atoms with E-state index in [-0.39, 0.29) is 0 Å². The number of H-pyrrole nitrogens is 1. The number of hydrogen-bond acceptors (Lipinski definition) is 3. The van der Waals surface area contributed by atoms with Crippen LogP contribution in [0, 0.1) is 5.92 Å². The Morgan fingerprint density at radius 2 is 2.23 bits per heavy atom. The van der Waals surface area contributed by atoms with Crippen LogP contribution in [0.25, 0.3) is 0 Å². The second-order valence-corrected chi connectivity index (χ2v) is 3.26. The molecule has 1 aromatic heterocycles. The maximum absolute atomic E-state index is 4.33. The molecule has 0 fully saturated rings. The van der Waals surface area contributed by atoms with Crippen molar-refractivity contribution in [2.75, 3.05) is 5.32 Å². The highest BCUT2D eigenvalue weighted by atomic mass is 15.1. The number of aromatic amines is 1. The van der Waals surface area contributed by atoms with Gasteiger partial charge in [0.05, 0.1) is 12.0 Å². The van der Waals surface area contributed by atoms with Crippen LogP contribution in [0.5, 0.6) is 0 Å². The molecule has 0 atom stereocenters. The lowest BCUT2D eigenvalue weighted by Crippen LogP contribution is -2.10. The molecule has 0 unspecified atom stereocenters. The van der Waals surface area contributed by atoms with Gasteiger partial charge in [0, 0.05) is 12.4 Å². The van der Waals surface area contributed by atoms with Gasteiger partial charge < -0.3 is 10.3 Å². The fraction of sp³-hybridized carbons (Fsp3) is 0.333. The zero-order valence-corrected chi connectivity index (χ0v) is 7.70. The largest absolute Gasteiger partial charge is 0.345 e. The number of aliphatic imine (C=N–C) groups is 1. The Morgan fingerprint density at radius 1 is 1.38 bits per heavy atom. The summed E-state index contributed by atoms with van der Waals surface area (Å²) in [7, 11) is 0. The fourth-order valence-electron chi connectivity index (χ4n) is 1.32. The van der Waals surface area contributed by atoms with Gasteiger partial charge in [0.15, 0.2) is 0 Å². The first-order valence-corrected chi connectivity index (χ1v) is 4.32. The number of anilines is 1. The van der Waals surface area contributed by atoms with Gasteiger partial charge in [0.25, 0.3) is 0 Å². The van der Waals surface area contributed by atoms with E-state index in [4.69, 9.17) is 0 Å². The first-order valence-electron chi connectivity index (χ1n) is 4.32. The third kappa shape index (κ3) is 1.35. The Labute approximate surface area is 76.8 Å². The average Bonchev–Trinajstić information content (AvgIpc) is 2.44. The van der Waals surface area contributed by atoms with E-state index in [1.165, 1.54) is 0 Å². The topological polar surface area (TPSA) is 53.1 Å². The van der Waals surface area contributed by atoms with Gasteiger partial charge in [0.1, 0.15) is 11.5 Å². The summed E-state index contributed by atoms with van der Waals surface area (Å²) < 4.78 is 0. The van der Waals surface area contributed by atoms with Crippen molar-refractivity contribution < 1.29 is 0 Å². The van der Waals surface area contributed by atoms with Crippen molar-refractivity contribution in [2.45, 2.75) is 13.8 Å². The molecule has 0 saturated heterocycles. The molecular weight excluding hydrogens is 164 g/mol. The molecule has 0 aliphatic carbocycles. The van der Waals surface area contributed by atoms with Crippen LogP contribution in [-0.4, -0.2) is 15.7 Å². The second kappa shape index (κ2) is 3.05. The maximum atomic E-state index is 4.33. The number of rotatable bonds is 1. The fourth-order valence-corrected chi connectivity index (χ4v) is 1.32. The number of imidazole rings is 1. The van der Waals surface area contributed by atoms with Crippen LogP contribution < -0.4 is 5.32 Å². The lowest BCUT2D eigenvalue weighted by Gasteiger charge is -2.06. The summed E-state index contributed by atoms with van der Waals surface area (Å²) in [5, 5.41) is 3.08. The minimum atomic E-state index is 0.381. The highest BCUT2D eigenvalue weighted by Crippen LogP contribution is 2.17. The Hall–Kier alpha value is -1.58. The van der Waals surface area contributed by atoms with Crippen LogP contribution in [-0.2, 0) is 0 Å². The van der Waals surface area contributed by atoms with Crippen molar-refractivity contribution in [3.63, 3.8) is 0 Å². The van der Waals surface area contributed by atoms with E-state index in [1.54, 1.807) is 18.7 Å². The number of nitrogens with zero attached hydrogens (tertiary/aromatic N) is 2. The van der Waals surface area contributed by atoms with Gasteiger partial charge >= 0.3 is 0 Å². The summed E-state index contributed by atoms with van der Waals surface area (Å²) in [6.45, 7) is 4.22. The molecule has 68 valence electrons. The van der Waals surface area contributed by atoms with E-state index < -0.39 is 0 Å². The molecule has 0 spiro atoms. The normalized spacial score (nSPS) is 14.8. The summed E-state index contributed by atoms with van der Waals surface area (Å²) in [5.74, 6) is 1.30. The van der Waals surface area contributed by atoms with Crippen LogP contribution in [0.4, 0.5) is 5.82 Å². The van der Waals surface area contributed by atoms with Gasteiger partial charge in [-0.1, -0.05) is 13.8 Å². The second-order valence-electron chi connectivity index (χ2n) is 3.26. The van der Waals surface area contributed by atoms with E-state index in [1.807, 2.05) is 0 Å². The summed E-state index contributed by atoms with van der Waals surface area (Å²) in [4.78, 5) is 11.6. The first kappa shape index (κ1) is 8.04. The summed E-state index contributed by atoms with van der Waals surface area (Å²) >= 11 is 0. The van der Waals surface area contributed by atoms with Crippen molar-refractivity contribution in [1.29, 1.82) is 0 Å². The zero-order valence-electron chi connectivity index (χ0n) is 7.70. The molecule has 1 aliphatic heterocycles. The van der Waals surface area contributed by atoms with Crippen LogP contribution in [0.2, 0.25) is 0 Å². The molecule has 1 aromatic rings. The standard InChI is InChI=1S/C9H12N4/c1-6(2)7-8-9(13-5-12-8)11-4-3-10-7/h3-6,11H,1-2H3,(H,12,13). The Kier molecular flexibility index (Phi) is 1.88. The molecule has 0 saturated carbocycles. The molecule has 13 heavy (non-hydrogen) atoms. The summed E-state index contributed by atoms with van der Waals surface area (Å²) in [6, 6.07) is 0. The predicted octanol–water partition coefficient (Wildman–Crippen LogP) is 1.75. The van der Waals surface area contributed by atoms with E-state index >= 15 is 0 Å². The van der Waals surface area contributed by atoms with Crippen LogP contribution in [0.15, 0.2) is 23.7 Å². The Balaban J connectivity index is 2.49. The average molecular weight is 176 g/mol. The van der Waals surface area contributed by atoms with Gasteiger partial charge in [-0.25, -0.2) is 4.98 Å². The molecule has 1 aliphatic rings. The van der Waals surface area contributed by atoms with Crippen LogP contribution in [0.1, 0.15) is 19.5 Å². The molecule has 2 rings (SSSR count). The quantitative estimate of drug-likeness (QED) is 0.685. The third-order valence-corrected chi connectivity index (χ3v) is 1.94. The smallest absolute Gasteiger partial charge is 0.136 e. The molecular formula is C9H12N4. The van der Waals surface area contributed by atoms with Gasteiger partial charge in [-0.3, -0.25) is 4.99 Å². The van der Waals surface area contributed by atoms with Gasteiger partial charge in [-0.05, 0) is 5.92 Å². The minimum absolute atomic E-state index is 0.381. The Bertz CT molecular complexity index is 359. The molecule has 0 bridgehead atoms. The van der Waals surface area contributed by atoms with Crippen molar-refractivity contribution in [1.82, 2.24) is 9.97 Å². The van der Waals surface area contributed by atoms with Crippen molar-refractivity contribution in [2.24, 2.45) is 10.9 Å². The van der Waals surface area contributed by atoms with Crippen molar-refractivity contribution in [3.8, 4) is 0 Å². The number of nitrogens with one attached hydrogen (secondary N) is 2. The van der Waals surface area contributed by atoms with E-state index in [0.29, 0.717) is 5.92 Å². The molecule has 0 radical (unpaired) electrons. The number of aromatic nitrogens is 2. The first-order chi connectivity index (χ1) is 6.29. The summed E-state index contributed by atoms with van der Waals surface area (Å²) in [5.41, 5.74) is 1.93. The number of hydrogen-bond donors (Lipinski definition) is 2. The summed E-state index contributed by atoms with van der Waals surface area (Å²) in [6.07, 6.45) is 5.23. The molecule has 0 amide bonds. The van der Waals surface area contributed by atoms with Crippen LogP contribution in [0.3, 0.4) is 0 Å². The van der Waals surface area contributed by atoms with Gasteiger partial charge in [-0.15, -0.1) is 0 Å². The van der Waals surface area contributed by atoms with E-state index in [2.05, 4.69) is 34.1 Å². The third-order valence-electron chi connectivity index (χ3n) is 1.94. The Morgan fingerprint density at radius 3 is 3.00 bits per heavy atom. The van der Waals surface area contributed by atoms with Gasteiger partial charge in [-0.2, -0.15) is 0 Å². The molecule has 0 aromatic carbocycles. The lowest BCUT2D eigenvalue weighted by atomic mass is 10.1. The molecule has 2 N–H and O–H groups in total. The highest BCUT2D eigenvalue weighted by molar-refractivity contribution is 6.04. The molecule has 2 heterocycles. The maximum Gasteiger partial charge on any atom is 0.136 e. The van der Waals surface area contributed by atoms with Crippen molar-refractivity contribution in [3.05, 3.63) is 24.4 Å². The van der Waals surface area contributed by atoms with E-state index in [9.17, 15) is 0 Å². The van der Waals surface area contributed by atoms with Crippen molar-refractivity contribution >= 4 is 11.5 Å². The zero-order chi connectivity index (χ0) is 9.26. The SMILES string of the molecule is CC(C)C1=NC=CNc2[nH]cnc21. The minimum Gasteiger partial charge on any atom is -0.345 e. The van der Waals surface area contributed by atoms with Crippen LogP contribution >= 0.6 is 0 Å². The van der Waals surface area contributed by atoms with E-state index in [0.717, 1.165) is 17.2 Å². The van der Waals surface area contributed by atoms with Gasteiger partial charge in [0.2, 0.25) is 0 Å². The molecule has 4 nitrogen and oxygen atoms in total. The number of fused-ring (bicyclic) bond motifs is 1. The lowest BCUT2D eigenvalue weighted by molar-refractivity contribution is 0.881.